The predicted octanol–water partition coefficient (Wildman–Crippen LogP) is 4.33. The van der Waals surface area contributed by atoms with E-state index in [2.05, 4.69) is 0 Å². The van der Waals surface area contributed by atoms with Gasteiger partial charge in [0.05, 0.1) is 12.7 Å². The van der Waals surface area contributed by atoms with Crippen LogP contribution in [0.15, 0.2) is 60.7 Å². The largest absolute Gasteiger partial charge is 0.497 e. The Balaban J connectivity index is 1.45. The zero-order valence-electron chi connectivity index (χ0n) is 15.7. The lowest BCUT2D eigenvalue weighted by Crippen LogP contribution is -2.23. The summed E-state index contributed by atoms with van der Waals surface area (Å²) < 4.78 is 10.7. The van der Waals surface area contributed by atoms with Gasteiger partial charge < -0.3 is 14.4 Å². The third-order valence-corrected chi connectivity index (χ3v) is 4.95. The molecule has 1 amide bonds. The standard InChI is InChI=1S/C23H21NO4/c1-27-21-10-9-17-12-16(7-8-18(17)14-21)15-28-23(26)19-4-2-5-20(13-19)24-11-3-6-22(24)25/h2,4-5,7-10,12-14H,3,6,11,15H2,1H3. The number of rotatable bonds is 5. The van der Waals surface area contributed by atoms with Gasteiger partial charge in [-0.25, -0.2) is 4.79 Å². The van der Waals surface area contributed by atoms with Crippen LogP contribution in [0.3, 0.4) is 0 Å². The predicted molar refractivity (Wildman–Crippen MR) is 108 cm³/mol. The molecule has 0 aromatic heterocycles. The average Bonchev–Trinajstić information content (AvgIpc) is 3.17. The van der Waals surface area contributed by atoms with Gasteiger partial charge in [0.15, 0.2) is 0 Å². The smallest absolute Gasteiger partial charge is 0.338 e. The number of benzene rings is 3. The second-order valence-electron chi connectivity index (χ2n) is 6.82. The zero-order chi connectivity index (χ0) is 19.5. The molecule has 0 atom stereocenters. The molecule has 142 valence electrons. The van der Waals surface area contributed by atoms with Gasteiger partial charge in [0.1, 0.15) is 12.4 Å². The highest BCUT2D eigenvalue weighted by atomic mass is 16.5. The summed E-state index contributed by atoms with van der Waals surface area (Å²) in [5, 5.41) is 2.13. The van der Waals surface area contributed by atoms with Gasteiger partial charge in [-0.1, -0.05) is 24.3 Å². The molecule has 0 aliphatic carbocycles. The van der Waals surface area contributed by atoms with Gasteiger partial charge in [-0.3, -0.25) is 4.79 Å². The summed E-state index contributed by atoms with van der Waals surface area (Å²) in [6, 6.07) is 18.8. The zero-order valence-corrected chi connectivity index (χ0v) is 15.7. The summed E-state index contributed by atoms with van der Waals surface area (Å²) in [5.74, 6) is 0.504. The fourth-order valence-electron chi connectivity index (χ4n) is 3.44. The number of ether oxygens (including phenoxy) is 2. The number of carbonyl (C=O) groups excluding carboxylic acids is 2. The summed E-state index contributed by atoms with van der Waals surface area (Å²) in [5.41, 5.74) is 2.11. The molecule has 0 bridgehead atoms. The molecule has 1 fully saturated rings. The third kappa shape index (κ3) is 3.69. The molecule has 5 heteroatoms. The molecular formula is C23H21NO4. The Hall–Kier alpha value is -3.34. The molecule has 3 aromatic carbocycles. The van der Waals surface area contributed by atoms with Gasteiger partial charge in [-0.2, -0.15) is 0 Å². The van der Waals surface area contributed by atoms with Crippen LogP contribution in [0.2, 0.25) is 0 Å². The number of amides is 1. The molecule has 1 heterocycles. The molecule has 3 aromatic rings. The van der Waals surface area contributed by atoms with Crippen molar-refractivity contribution >= 4 is 28.3 Å². The van der Waals surface area contributed by atoms with E-state index in [1.54, 1.807) is 30.2 Å². The molecule has 4 rings (SSSR count). The molecule has 1 aliphatic rings. The van der Waals surface area contributed by atoms with E-state index < -0.39 is 5.97 Å². The number of hydrogen-bond acceptors (Lipinski definition) is 4. The molecule has 28 heavy (non-hydrogen) atoms. The van der Waals surface area contributed by atoms with E-state index in [1.165, 1.54) is 0 Å². The van der Waals surface area contributed by atoms with Crippen molar-refractivity contribution < 1.29 is 19.1 Å². The summed E-state index contributed by atoms with van der Waals surface area (Å²) in [7, 11) is 1.64. The minimum Gasteiger partial charge on any atom is -0.497 e. The Morgan fingerprint density at radius 2 is 1.86 bits per heavy atom. The number of hydrogen-bond donors (Lipinski definition) is 0. The quantitative estimate of drug-likeness (QED) is 0.623. The van der Waals surface area contributed by atoms with Crippen molar-refractivity contribution in [2.75, 3.05) is 18.6 Å². The van der Waals surface area contributed by atoms with E-state index in [1.807, 2.05) is 42.5 Å². The van der Waals surface area contributed by atoms with Crippen LogP contribution in [-0.4, -0.2) is 25.5 Å². The highest BCUT2D eigenvalue weighted by Crippen LogP contribution is 2.24. The van der Waals surface area contributed by atoms with Gasteiger partial charge in [0.25, 0.3) is 0 Å². The second kappa shape index (κ2) is 7.72. The molecule has 1 aliphatic heterocycles. The Labute approximate surface area is 163 Å². The maximum absolute atomic E-state index is 12.5. The maximum Gasteiger partial charge on any atom is 0.338 e. The number of methoxy groups -OCH3 is 1. The summed E-state index contributed by atoms with van der Waals surface area (Å²) >= 11 is 0. The molecule has 0 N–H and O–H groups in total. The van der Waals surface area contributed by atoms with Gasteiger partial charge in [-0.05, 0) is 59.2 Å². The van der Waals surface area contributed by atoms with Crippen molar-refractivity contribution in [1.82, 2.24) is 0 Å². The van der Waals surface area contributed by atoms with Crippen LogP contribution >= 0.6 is 0 Å². The third-order valence-electron chi connectivity index (χ3n) is 4.95. The van der Waals surface area contributed by atoms with Crippen LogP contribution in [0, 0.1) is 0 Å². The first-order valence-corrected chi connectivity index (χ1v) is 9.28. The number of anilines is 1. The first-order chi connectivity index (χ1) is 13.6. The number of nitrogens with zero attached hydrogens (tertiary/aromatic N) is 1. The summed E-state index contributed by atoms with van der Waals surface area (Å²) in [6.45, 7) is 0.882. The van der Waals surface area contributed by atoms with Crippen LogP contribution in [0.25, 0.3) is 10.8 Å². The lowest BCUT2D eigenvalue weighted by molar-refractivity contribution is -0.117. The molecular weight excluding hydrogens is 354 g/mol. The fourth-order valence-corrected chi connectivity index (χ4v) is 3.44. The number of fused-ring (bicyclic) bond motifs is 1. The second-order valence-corrected chi connectivity index (χ2v) is 6.82. The maximum atomic E-state index is 12.5. The highest BCUT2D eigenvalue weighted by molar-refractivity contribution is 5.97. The number of esters is 1. The van der Waals surface area contributed by atoms with Crippen molar-refractivity contribution in [1.29, 1.82) is 0 Å². The van der Waals surface area contributed by atoms with E-state index in [9.17, 15) is 9.59 Å². The Morgan fingerprint density at radius 3 is 2.64 bits per heavy atom. The van der Waals surface area contributed by atoms with E-state index in [0.717, 1.165) is 34.2 Å². The Bertz CT molecular complexity index is 1040. The van der Waals surface area contributed by atoms with Crippen LogP contribution in [-0.2, 0) is 16.1 Å². The first-order valence-electron chi connectivity index (χ1n) is 9.28. The fraction of sp³-hybridized carbons (Fsp3) is 0.217. The molecule has 0 saturated carbocycles. The SMILES string of the molecule is COc1ccc2cc(COC(=O)c3cccc(N4CCCC4=O)c3)ccc2c1. The van der Waals surface area contributed by atoms with Crippen molar-refractivity contribution in [2.24, 2.45) is 0 Å². The Kier molecular flexibility index (Phi) is 4.98. The van der Waals surface area contributed by atoms with Crippen LogP contribution in [0.4, 0.5) is 5.69 Å². The van der Waals surface area contributed by atoms with Crippen LogP contribution < -0.4 is 9.64 Å². The average molecular weight is 375 g/mol. The monoisotopic (exact) mass is 375 g/mol. The van der Waals surface area contributed by atoms with E-state index in [4.69, 9.17) is 9.47 Å². The lowest BCUT2D eigenvalue weighted by Gasteiger charge is -2.16. The van der Waals surface area contributed by atoms with Gasteiger partial charge in [0, 0.05) is 18.7 Å². The molecule has 0 radical (unpaired) electrons. The number of carbonyl (C=O) groups is 2. The van der Waals surface area contributed by atoms with Gasteiger partial charge in [-0.15, -0.1) is 0 Å². The summed E-state index contributed by atoms with van der Waals surface area (Å²) in [4.78, 5) is 26.1. The highest BCUT2D eigenvalue weighted by Gasteiger charge is 2.22. The van der Waals surface area contributed by atoms with Gasteiger partial charge >= 0.3 is 5.97 Å². The molecule has 0 unspecified atom stereocenters. The minimum absolute atomic E-state index is 0.0957. The van der Waals surface area contributed by atoms with Crippen LogP contribution in [0.1, 0.15) is 28.8 Å². The summed E-state index contributed by atoms with van der Waals surface area (Å²) in [6.07, 6.45) is 1.41. The molecule has 5 nitrogen and oxygen atoms in total. The lowest BCUT2D eigenvalue weighted by atomic mass is 10.1. The molecule has 0 spiro atoms. The van der Waals surface area contributed by atoms with Crippen molar-refractivity contribution in [2.45, 2.75) is 19.4 Å². The van der Waals surface area contributed by atoms with Crippen molar-refractivity contribution in [3.63, 3.8) is 0 Å². The normalized spacial score (nSPS) is 13.8. The van der Waals surface area contributed by atoms with Gasteiger partial charge in [0.2, 0.25) is 5.91 Å². The molecule has 1 saturated heterocycles. The van der Waals surface area contributed by atoms with Crippen molar-refractivity contribution in [3.8, 4) is 5.75 Å². The van der Waals surface area contributed by atoms with Crippen LogP contribution in [0.5, 0.6) is 5.75 Å². The minimum atomic E-state index is -0.400. The first kappa shape index (κ1) is 18.0. The van der Waals surface area contributed by atoms with Crippen molar-refractivity contribution in [3.05, 3.63) is 71.8 Å². The van der Waals surface area contributed by atoms with E-state index in [-0.39, 0.29) is 12.5 Å². The Morgan fingerprint density at radius 1 is 1.04 bits per heavy atom. The van der Waals surface area contributed by atoms with E-state index in [0.29, 0.717) is 18.5 Å². The topological polar surface area (TPSA) is 55.8 Å². The van der Waals surface area contributed by atoms with E-state index >= 15 is 0 Å².